The molecule has 9 heterocycles. The molecule has 0 atom stereocenters. The molecule has 2 aliphatic heterocycles. The number of ether oxygens (including phenoxy) is 2. The Kier molecular flexibility index (Phi) is 41.7. The number of phenols is 3. The minimum Gasteiger partial charge on any atom is -0.507 e. The van der Waals surface area contributed by atoms with E-state index in [9.17, 15) is 70.2 Å². The van der Waals surface area contributed by atoms with Crippen molar-refractivity contribution in [2.75, 3.05) is 30.0 Å². The zero-order chi connectivity index (χ0) is 105. The number of aromatic carboxylic acids is 1. The van der Waals surface area contributed by atoms with E-state index < -0.39 is 63.9 Å². The summed E-state index contributed by atoms with van der Waals surface area (Å²) in [7, 11) is -0.363. The van der Waals surface area contributed by atoms with Crippen LogP contribution in [0.4, 0.5) is 39.4 Å². The zero-order valence-electron chi connectivity index (χ0n) is 77.2. The monoisotopic (exact) mass is 2380 g/mol. The van der Waals surface area contributed by atoms with Gasteiger partial charge in [0.25, 0.3) is 23.9 Å². The molecule has 0 spiro atoms. The first-order chi connectivity index (χ1) is 66.4. The number of furan rings is 4. The number of carbonyl (C=O) groups is 9. The van der Waals surface area contributed by atoms with Gasteiger partial charge in [0.1, 0.15) is 74.2 Å². The highest BCUT2D eigenvalue weighted by Crippen LogP contribution is 2.39. The Hall–Kier alpha value is -12.6. The molecule has 0 radical (unpaired) electrons. The minimum absolute atomic E-state index is 0.00861. The SMILES string of the molecule is CC1(C)OB(c2ccc(N)nc2)OC1(C)C.CCOC(=O)C(Br)C(=O)OCC.Cc1c(Br)cc(C=O)c(O)c1Br.Cc1cc(O)c(C=O)cc1Br.Cc1cc2oc(C(=O)O)cc2cc1Br.Cc1cc2oc(F)cc2cc1-c1ccc(N)nc1.Cc1cc2oc(F)cc2cc1-c1ccc(NC(=O)c2c(F)cccc2F)nc1.Cc1cc2oc(F)cc2cc1Br.Cc1ccc(C=O)c(O)c1.O=C1CCC(=O)N1Br. The number of nitrogen functional groups attached to an aromatic ring is 2. The van der Waals surface area contributed by atoms with Crippen LogP contribution < -0.4 is 22.2 Å². The quantitative estimate of drug-likeness (QED) is 0.00824. The van der Waals surface area contributed by atoms with Crippen LogP contribution in [0.5, 0.6) is 17.2 Å². The second-order valence-electron chi connectivity index (χ2n) is 31.6. The number of aromatic hydroxyl groups is 3. The average Bonchev–Trinajstić information content (AvgIpc) is 1.62. The van der Waals surface area contributed by atoms with Gasteiger partial charge in [-0.05, 0) is 283 Å². The van der Waals surface area contributed by atoms with E-state index >= 15 is 0 Å². The number of aromatic nitrogens is 3. The lowest BCUT2D eigenvalue weighted by Crippen LogP contribution is -2.41. The van der Waals surface area contributed by atoms with Crippen molar-refractivity contribution in [1.29, 1.82) is 0 Å². The van der Waals surface area contributed by atoms with Crippen molar-refractivity contribution in [3.63, 3.8) is 0 Å². The third-order valence-corrected chi connectivity index (χ3v) is 26.6. The van der Waals surface area contributed by atoms with Gasteiger partial charge in [0.15, 0.2) is 18.9 Å². The first-order valence-corrected chi connectivity index (χ1v) is 47.5. The molecule has 15 aromatic rings. The van der Waals surface area contributed by atoms with Crippen LogP contribution in [0, 0.1) is 78.1 Å². The third-order valence-electron chi connectivity index (χ3n) is 20.7. The van der Waals surface area contributed by atoms with Crippen LogP contribution in [0.1, 0.15) is 145 Å². The number of rotatable bonds is 13. The maximum absolute atomic E-state index is 13.7. The average molecular weight is 2390 g/mol. The molecule has 41 heteroatoms. The summed E-state index contributed by atoms with van der Waals surface area (Å²) in [5, 5.41) is 41.6. The Morgan fingerprint density at radius 3 is 1.35 bits per heavy atom. The highest BCUT2D eigenvalue weighted by atomic mass is 79.9. The molecule has 141 heavy (non-hydrogen) atoms. The summed E-state index contributed by atoms with van der Waals surface area (Å²) in [6.45, 7) is 25.1. The van der Waals surface area contributed by atoms with Crippen LogP contribution in [-0.2, 0) is 38.0 Å². The van der Waals surface area contributed by atoms with E-state index in [0.29, 0.717) is 86.7 Å². The number of alkyl halides is 1. The molecule has 28 nitrogen and oxygen atoms in total. The highest BCUT2D eigenvalue weighted by Gasteiger charge is 2.52. The molecule has 17 rings (SSSR count). The Bertz CT molecular complexity index is 6940. The second-order valence-corrected chi connectivity index (χ2v) is 37.4. The summed E-state index contributed by atoms with van der Waals surface area (Å²) in [6.07, 6.45) is 7.49. The summed E-state index contributed by atoms with van der Waals surface area (Å²) < 4.78 is 112. The number of carboxylic acids is 1. The minimum atomic E-state index is -1.05. The number of imide groups is 1. The summed E-state index contributed by atoms with van der Waals surface area (Å²) in [4.78, 5) is 108. The molecule has 3 amide bonds. The van der Waals surface area contributed by atoms with E-state index in [1.54, 1.807) is 93.0 Å². The van der Waals surface area contributed by atoms with Crippen LogP contribution in [0.2, 0.25) is 0 Å². The molecule has 9 N–H and O–H groups in total. The maximum atomic E-state index is 13.7. The summed E-state index contributed by atoms with van der Waals surface area (Å²) >= 11 is 22.1. The summed E-state index contributed by atoms with van der Waals surface area (Å²) in [5.41, 5.74) is 23.9. The number of hydrogen-bond donors (Lipinski definition) is 7. The number of esters is 2. The number of amides is 3. The molecule has 0 aliphatic carbocycles. The van der Waals surface area contributed by atoms with Gasteiger partial charge in [-0.1, -0.05) is 97.8 Å². The number of nitrogens with one attached hydrogen (secondary N) is 1. The lowest BCUT2D eigenvalue weighted by atomic mass is 9.80. The van der Waals surface area contributed by atoms with Gasteiger partial charge in [-0.15, -0.1) is 0 Å². The van der Waals surface area contributed by atoms with Crippen molar-refractivity contribution in [2.24, 2.45) is 0 Å². The number of aryl methyl sites for hydroxylation is 6. The first-order valence-electron chi connectivity index (χ1n) is 41.9. The van der Waals surface area contributed by atoms with Gasteiger partial charge in [-0.2, -0.15) is 13.2 Å². The molecule has 2 fully saturated rings. The van der Waals surface area contributed by atoms with Crippen molar-refractivity contribution in [3.05, 3.63) is 301 Å². The number of hydrogen-bond acceptors (Lipinski definition) is 25. The molecular weight excluding hydrogens is 2300 g/mol. The topological polar surface area (TPSA) is 430 Å². The van der Waals surface area contributed by atoms with Crippen molar-refractivity contribution in [1.82, 2.24) is 18.9 Å². The van der Waals surface area contributed by atoms with Crippen LogP contribution in [0.25, 0.3) is 66.1 Å². The summed E-state index contributed by atoms with van der Waals surface area (Å²) in [5.74, 6) is -4.24. The van der Waals surface area contributed by atoms with E-state index in [-0.39, 0.29) is 77.7 Å². The normalized spacial score (nSPS) is 12.4. The Labute approximate surface area is 863 Å². The van der Waals surface area contributed by atoms with E-state index in [1.807, 2.05) is 125 Å². The van der Waals surface area contributed by atoms with Gasteiger partial charge in [0.2, 0.25) is 22.4 Å². The van der Waals surface area contributed by atoms with Crippen molar-refractivity contribution in [3.8, 4) is 39.5 Å². The fraction of sp³-hybridized carbons (Fsp3) is 0.200. The Morgan fingerprint density at radius 1 is 0.511 bits per heavy atom. The fourth-order valence-electron chi connectivity index (χ4n) is 12.4. The number of nitrogens with zero attached hydrogens (tertiary/aromatic N) is 4. The number of benzene rings is 8. The van der Waals surface area contributed by atoms with Crippen LogP contribution in [0.15, 0.2) is 222 Å². The summed E-state index contributed by atoms with van der Waals surface area (Å²) in [6, 6.07) is 41.7. The molecule has 7 aromatic heterocycles. The van der Waals surface area contributed by atoms with Gasteiger partial charge < -0.3 is 73.7 Å². The second kappa shape index (κ2) is 51.7. The maximum Gasteiger partial charge on any atom is 0.496 e. The molecule has 2 aliphatic rings. The number of phenolic OH excluding ortho intramolecular Hbond substituents is 3. The molecule has 738 valence electrons. The number of carboxylic acid groups (broad SMARTS) is 1. The van der Waals surface area contributed by atoms with Gasteiger partial charge in [-0.25, -0.2) is 32.5 Å². The van der Waals surface area contributed by atoms with E-state index in [2.05, 4.69) is 141 Å². The van der Waals surface area contributed by atoms with Crippen LogP contribution >= 0.6 is 112 Å². The highest BCUT2D eigenvalue weighted by molar-refractivity contribution is 9.11. The molecule has 0 saturated carbocycles. The number of nitrogens with two attached hydrogens (primary N) is 2. The lowest BCUT2D eigenvalue weighted by Gasteiger charge is -2.32. The standard InChI is InChI=1S/C21H13F3N2O2.C14H11FN2O.C11H17BN2O2.C10H7BrO3.C9H6BrFO.C8H6Br2O2.C8H7BrO2.C8H8O2.C7H11BrO4.C4H4BrNO2/c1-11-7-17-13(9-18(24)28-17)8-14(11)12-5-6-19(25-10-12)26-21(27)20-15(22)3-2-4-16(20)23;1-8-4-12-10(6-13(15)18-12)5-11(8)9-2-3-14(16)17-7-9;1-10(2)11(3,4)16-12(15-10)8-5-6-9(13)14-7-8;1-5-2-8-6(3-7(5)11)4-9(14-8)10(12)13;1-5-2-8-6(3-7(5)10)4-9(11)12-8;1-4-6(9)2-5(3-11)8(12)7(4)10;1-5-2-8(11)6(4-10)3-7(5)9;1-6-2-3-7(5-9)8(10)4-6;1-3-11-6(9)5(8)7(10)12-4-2;5-6-3(7)1-2-4(6)8/h2-10H,1H3,(H,25,26,27);2-7H,1H3,(H2,16,17);5-7H,1-4H3,(H2,13,14);2-4H,1H3,(H,12,13);2-4H,1H3;2-3,12H,1H3;2-4,11H,1H3;2-5,10H,1H3;5H,3-4H2,1-2H3;1-2H2. The fourth-order valence-corrected chi connectivity index (χ4v) is 15.2. The van der Waals surface area contributed by atoms with Gasteiger partial charge >= 0.3 is 25.0 Å². The van der Waals surface area contributed by atoms with E-state index in [1.165, 1.54) is 42.6 Å². The van der Waals surface area contributed by atoms with Gasteiger partial charge in [0, 0.05) is 106 Å². The lowest BCUT2D eigenvalue weighted by molar-refractivity contribution is -0.152. The largest absolute Gasteiger partial charge is 0.507 e. The molecule has 0 bridgehead atoms. The number of carbonyl (C=O) groups excluding carboxylic acids is 8. The number of anilines is 3. The van der Waals surface area contributed by atoms with Crippen molar-refractivity contribution < 1.29 is 122 Å². The molecular formula is C100H90BBr7F5N7O21. The van der Waals surface area contributed by atoms with Crippen molar-refractivity contribution in [2.45, 2.75) is 119 Å². The van der Waals surface area contributed by atoms with E-state index in [4.69, 9.17) is 53.8 Å². The molecule has 0 unspecified atom stereocenters. The van der Waals surface area contributed by atoms with Crippen molar-refractivity contribution >= 4 is 240 Å². The van der Waals surface area contributed by atoms with Crippen LogP contribution in [-0.4, -0.2) is 130 Å². The predicted molar refractivity (Wildman–Crippen MR) is 549 cm³/mol. The first kappa shape index (κ1) is 114. The van der Waals surface area contributed by atoms with Crippen LogP contribution in [0.3, 0.4) is 0 Å². The Balaban J connectivity index is 0.000000196. The molecule has 8 aromatic carbocycles. The smallest absolute Gasteiger partial charge is 0.496 e. The molecule has 2 saturated heterocycles. The third kappa shape index (κ3) is 31.4. The predicted octanol–water partition coefficient (Wildman–Crippen LogP) is 25.0. The number of aldehydes is 3. The van der Waals surface area contributed by atoms with Gasteiger partial charge in [0.05, 0.1) is 61.7 Å². The zero-order valence-corrected chi connectivity index (χ0v) is 88.3. The van der Waals surface area contributed by atoms with E-state index in [0.717, 1.165) is 117 Å². The van der Waals surface area contributed by atoms with Gasteiger partial charge in [-0.3, -0.25) is 38.4 Å². The number of pyridine rings is 3. The number of halogens is 12. The number of fused-ring (bicyclic) bond motifs is 4. The Morgan fingerprint density at radius 2 is 0.929 bits per heavy atom.